The number of carbonyl (C=O) groups is 2. The number of aliphatic hydroxyl groups is 1. The second-order valence-corrected chi connectivity index (χ2v) is 14.4. The maximum Gasteiger partial charge on any atom is 0.167 e. The van der Waals surface area contributed by atoms with Crippen molar-refractivity contribution < 1.29 is 37.5 Å². The fourth-order valence-corrected chi connectivity index (χ4v) is 5.56. The van der Waals surface area contributed by atoms with Gasteiger partial charge in [0, 0.05) is 23.1 Å². The molecule has 4 rings (SSSR count). The molecule has 0 spiro atoms. The number of Topliss-reactive ketones (excluding diaryl/α,β-unsaturated/α-hetero) is 2. The van der Waals surface area contributed by atoms with Crippen LogP contribution in [0.15, 0.2) is 48.5 Å². The average molecular weight is 627 g/mol. The van der Waals surface area contributed by atoms with E-state index in [1.54, 1.807) is 37.3 Å². The lowest BCUT2D eigenvalue weighted by atomic mass is 9.88. The van der Waals surface area contributed by atoms with Gasteiger partial charge in [0.25, 0.3) is 0 Å². The number of pyridine rings is 1. The summed E-state index contributed by atoms with van der Waals surface area (Å²) in [6.07, 6.45) is 0.0127. The van der Waals surface area contributed by atoms with Gasteiger partial charge in [0.1, 0.15) is 30.3 Å². The second kappa shape index (κ2) is 12.7. The molecule has 1 aromatic heterocycles. The van der Waals surface area contributed by atoms with Crippen LogP contribution in [-0.4, -0.2) is 50.9 Å². The van der Waals surface area contributed by atoms with E-state index in [1.807, 2.05) is 27.7 Å². The minimum absolute atomic E-state index is 0.0193. The Bertz CT molecular complexity index is 1580. The van der Waals surface area contributed by atoms with E-state index in [1.165, 1.54) is 32.2 Å². The van der Waals surface area contributed by atoms with Crippen LogP contribution in [0.1, 0.15) is 76.0 Å². The minimum atomic E-state index is -1.55. The maximum atomic E-state index is 13.8. The molecule has 2 aromatic carbocycles. The fraction of sp³-hybridized carbons (Fsp3) is 0.424. The van der Waals surface area contributed by atoms with Crippen molar-refractivity contribution in [3.63, 3.8) is 0 Å². The number of benzene rings is 2. The smallest absolute Gasteiger partial charge is 0.167 e. The monoisotopic (exact) mass is 626 g/mol. The number of methoxy groups -OCH3 is 1. The summed E-state index contributed by atoms with van der Waals surface area (Å²) in [5.74, 6) is 0.308. The third-order valence-electron chi connectivity index (χ3n) is 7.37. The van der Waals surface area contributed by atoms with Gasteiger partial charge in [-0.05, 0) is 96.5 Å². The molecule has 0 bridgehead atoms. The Morgan fingerprint density at radius 2 is 1.80 bits per heavy atom. The first-order valence-electron chi connectivity index (χ1n) is 14.2. The largest absolute Gasteiger partial charge is 0.493 e. The van der Waals surface area contributed by atoms with E-state index in [-0.39, 0.29) is 43.3 Å². The molecule has 0 saturated carbocycles. The van der Waals surface area contributed by atoms with E-state index in [9.17, 15) is 23.3 Å². The lowest BCUT2D eigenvalue weighted by molar-refractivity contribution is -0.118. The number of halogens is 1. The van der Waals surface area contributed by atoms with Gasteiger partial charge in [-0.2, -0.15) is 0 Å². The van der Waals surface area contributed by atoms with Crippen molar-refractivity contribution in [2.24, 2.45) is 0 Å². The number of hydrogen-bond acceptors (Lipinski definition) is 8. The first kappa shape index (κ1) is 33.2. The van der Waals surface area contributed by atoms with Gasteiger partial charge in [0.05, 0.1) is 34.1 Å². The van der Waals surface area contributed by atoms with Crippen molar-refractivity contribution in [2.45, 2.75) is 70.3 Å². The van der Waals surface area contributed by atoms with Crippen LogP contribution in [0.5, 0.6) is 17.2 Å². The topological polar surface area (TPSA) is 124 Å². The van der Waals surface area contributed by atoms with Gasteiger partial charge in [-0.25, -0.2) is 18.3 Å². The highest BCUT2D eigenvalue weighted by molar-refractivity contribution is 7.84. The zero-order valence-electron chi connectivity index (χ0n) is 26.1. The molecule has 44 heavy (non-hydrogen) atoms. The predicted octanol–water partition coefficient (Wildman–Crippen LogP) is 5.39. The molecule has 0 amide bonds. The summed E-state index contributed by atoms with van der Waals surface area (Å²) in [5, 5.41) is 11.7. The Morgan fingerprint density at radius 1 is 1.11 bits per heavy atom. The van der Waals surface area contributed by atoms with Crippen LogP contribution in [0, 0.1) is 5.82 Å². The fourth-order valence-electron chi connectivity index (χ4n) is 4.67. The van der Waals surface area contributed by atoms with Crippen molar-refractivity contribution in [1.29, 1.82) is 0 Å². The van der Waals surface area contributed by atoms with Crippen molar-refractivity contribution in [3.8, 4) is 28.5 Å². The highest BCUT2D eigenvalue weighted by atomic mass is 32.2. The molecular weight excluding hydrogens is 587 g/mol. The van der Waals surface area contributed by atoms with E-state index < -0.39 is 32.7 Å². The maximum absolute atomic E-state index is 13.8. The van der Waals surface area contributed by atoms with E-state index in [4.69, 9.17) is 19.2 Å². The molecule has 0 aliphatic carbocycles. The summed E-state index contributed by atoms with van der Waals surface area (Å²) in [6.45, 7) is 10.5. The lowest BCUT2D eigenvalue weighted by Crippen LogP contribution is -2.47. The van der Waals surface area contributed by atoms with Crippen molar-refractivity contribution in [1.82, 2.24) is 9.71 Å². The van der Waals surface area contributed by atoms with Crippen LogP contribution in [0.3, 0.4) is 0 Å². The third kappa shape index (κ3) is 7.34. The molecular formula is C33H39FN2O7S. The van der Waals surface area contributed by atoms with Crippen LogP contribution in [0.25, 0.3) is 11.3 Å². The molecule has 236 valence electrons. The summed E-state index contributed by atoms with van der Waals surface area (Å²) in [5.41, 5.74) is -0.156. The summed E-state index contributed by atoms with van der Waals surface area (Å²) in [7, 11) is 0.00300. The quantitative estimate of drug-likeness (QED) is 0.257. The van der Waals surface area contributed by atoms with Crippen LogP contribution in [0.4, 0.5) is 4.39 Å². The molecule has 0 saturated heterocycles. The van der Waals surface area contributed by atoms with Crippen LogP contribution in [0.2, 0.25) is 0 Å². The number of nitrogens with zero attached hydrogens (tertiary/aromatic N) is 1. The first-order valence-corrected chi connectivity index (χ1v) is 15.4. The second-order valence-electron chi connectivity index (χ2n) is 12.4. The van der Waals surface area contributed by atoms with Crippen LogP contribution < -0.4 is 18.9 Å². The number of ether oxygens (including phenoxy) is 3. The Hall–Kier alpha value is -3.67. The van der Waals surface area contributed by atoms with E-state index in [0.29, 0.717) is 39.6 Å². The van der Waals surface area contributed by atoms with Crippen molar-refractivity contribution in [2.75, 3.05) is 20.3 Å². The third-order valence-corrected chi connectivity index (χ3v) is 9.12. The van der Waals surface area contributed by atoms with E-state index in [0.717, 1.165) is 0 Å². The number of nitrogens with one attached hydrogen (secondary N) is 1. The molecule has 3 aromatic rings. The zero-order chi connectivity index (χ0) is 32.4. The van der Waals surface area contributed by atoms with E-state index >= 15 is 0 Å². The molecule has 2 N–H and O–H groups in total. The summed E-state index contributed by atoms with van der Waals surface area (Å²) < 4.78 is 46.5. The molecule has 0 fully saturated rings. The lowest BCUT2D eigenvalue weighted by Gasteiger charge is -2.30. The summed E-state index contributed by atoms with van der Waals surface area (Å²) in [6, 6.07) is 12.2. The van der Waals surface area contributed by atoms with Gasteiger partial charge in [-0.15, -0.1) is 0 Å². The predicted molar refractivity (Wildman–Crippen MR) is 166 cm³/mol. The van der Waals surface area contributed by atoms with E-state index in [2.05, 4.69) is 4.72 Å². The van der Waals surface area contributed by atoms with Crippen molar-refractivity contribution in [3.05, 3.63) is 71.2 Å². The van der Waals surface area contributed by atoms with Gasteiger partial charge in [0.15, 0.2) is 28.8 Å². The van der Waals surface area contributed by atoms with Crippen LogP contribution in [-0.2, 0) is 26.9 Å². The highest BCUT2D eigenvalue weighted by Gasteiger charge is 2.43. The number of ketones is 2. The standard InChI is InChI=1S/C33H39FN2O7S/c1-20(37)18-42-26-13-10-22(16-27(26)41-7)25(38)14-15-33(6,39)28-17-24-30(29(35-28)21-8-11-23(34)12-9-21)43-19-32(24,5)36-44(40)31(2,3)4/h8-13,16-17,36,39H,14-15,18-19H2,1-7H3/t32-,33-,44?/m1/s1. The Labute approximate surface area is 259 Å². The highest BCUT2D eigenvalue weighted by Crippen LogP contribution is 2.45. The van der Waals surface area contributed by atoms with Gasteiger partial charge in [0.2, 0.25) is 0 Å². The number of hydrogen-bond donors (Lipinski definition) is 2. The van der Waals surface area contributed by atoms with Gasteiger partial charge >= 0.3 is 0 Å². The molecule has 2 heterocycles. The molecule has 1 unspecified atom stereocenters. The Balaban J connectivity index is 1.66. The molecule has 3 atom stereocenters. The van der Waals surface area contributed by atoms with Gasteiger partial charge < -0.3 is 19.3 Å². The van der Waals surface area contributed by atoms with Crippen molar-refractivity contribution >= 4 is 22.6 Å². The summed E-state index contributed by atoms with van der Waals surface area (Å²) >= 11 is 0. The van der Waals surface area contributed by atoms with Gasteiger partial charge in [-0.3, -0.25) is 9.59 Å². The minimum Gasteiger partial charge on any atom is -0.493 e. The molecule has 0 radical (unpaired) electrons. The Morgan fingerprint density at radius 3 is 2.41 bits per heavy atom. The number of carbonyl (C=O) groups excluding carboxylic acids is 2. The first-order chi connectivity index (χ1) is 20.5. The molecule has 11 heteroatoms. The molecule has 1 aliphatic heterocycles. The Kier molecular flexibility index (Phi) is 9.63. The SMILES string of the molecule is COc1cc(C(=O)CC[C@@](C)(O)c2cc3c(c(-c4ccc(F)cc4)n2)OC[C@@]3(C)NS(=O)C(C)(C)C)ccc1OCC(C)=O. The number of fused-ring (bicyclic) bond motifs is 1. The molecule has 9 nitrogen and oxygen atoms in total. The zero-order valence-corrected chi connectivity index (χ0v) is 26.9. The summed E-state index contributed by atoms with van der Waals surface area (Å²) in [4.78, 5) is 29.3. The average Bonchev–Trinajstić information content (AvgIpc) is 3.30. The van der Waals surface area contributed by atoms with Crippen LogP contribution >= 0.6 is 0 Å². The number of rotatable bonds is 12. The molecule has 1 aliphatic rings. The normalized spacial score (nSPS) is 18.1. The number of aromatic nitrogens is 1. The van der Waals surface area contributed by atoms with Gasteiger partial charge in [-0.1, -0.05) is 0 Å².